The van der Waals surface area contributed by atoms with Crippen molar-refractivity contribution in [2.24, 2.45) is 11.3 Å². The van der Waals surface area contributed by atoms with Crippen LogP contribution in [0.4, 0.5) is 4.79 Å². The van der Waals surface area contributed by atoms with Crippen LogP contribution < -0.4 is 24.8 Å². The molecule has 2 saturated carbocycles. The van der Waals surface area contributed by atoms with Crippen molar-refractivity contribution in [2.75, 3.05) is 26.9 Å². The van der Waals surface area contributed by atoms with Crippen molar-refractivity contribution in [3.05, 3.63) is 42.1 Å². The minimum Gasteiger partial charge on any atom is -0.489 e. The van der Waals surface area contributed by atoms with Crippen LogP contribution in [-0.2, 0) is 33.9 Å². The Labute approximate surface area is 320 Å². The Morgan fingerprint density at radius 3 is 2.41 bits per heavy atom. The Morgan fingerprint density at radius 1 is 1.11 bits per heavy atom. The molecule has 1 aromatic heterocycles. The predicted molar refractivity (Wildman–Crippen MR) is 201 cm³/mol. The highest BCUT2D eigenvalue weighted by Crippen LogP contribution is 2.46. The lowest BCUT2D eigenvalue weighted by Crippen LogP contribution is -2.60. The zero-order valence-corrected chi connectivity index (χ0v) is 33.3. The third-order valence-electron chi connectivity index (χ3n) is 9.47. The van der Waals surface area contributed by atoms with E-state index >= 15 is 0 Å². The molecule has 1 saturated heterocycles. The number of fused-ring (bicyclic) bond motifs is 1. The molecule has 4 amide bonds. The maximum atomic E-state index is 14.5. The second-order valence-electron chi connectivity index (χ2n) is 16.1. The van der Waals surface area contributed by atoms with E-state index in [0.29, 0.717) is 41.0 Å². The Hall–Kier alpha value is -4.15. The van der Waals surface area contributed by atoms with Crippen molar-refractivity contribution >= 4 is 56.2 Å². The molecule has 1 aromatic carbocycles. The minimum absolute atomic E-state index is 0.0342. The number of carbonyl (C=O) groups excluding carboxylic acids is 4. The Bertz CT molecular complexity index is 1910. The summed E-state index contributed by atoms with van der Waals surface area (Å²) >= 11 is 6.38. The van der Waals surface area contributed by atoms with Crippen molar-refractivity contribution in [3.63, 3.8) is 0 Å². The molecule has 3 fully saturated rings. The molecule has 54 heavy (non-hydrogen) atoms. The summed E-state index contributed by atoms with van der Waals surface area (Å²) in [7, 11) is -2.36. The highest BCUT2D eigenvalue weighted by atomic mass is 35.5. The van der Waals surface area contributed by atoms with Crippen molar-refractivity contribution < 1.29 is 46.5 Å². The highest BCUT2D eigenvalue weighted by molar-refractivity contribution is 7.91. The number of pyridine rings is 1. The number of sulfonamides is 1. The van der Waals surface area contributed by atoms with E-state index in [1.54, 1.807) is 66.9 Å². The summed E-state index contributed by atoms with van der Waals surface area (Å²) in [5, 5.41) is 6.41. The molecule has 2 heterocycles. The molecule has 296 valence electrons. The summed E-state index contributed by atoms with van der Waals surface area (Å²) < 4.78 is 50.4. The zero-order chi connectivity index (χ0) is 39.8. The summed E-state index contributed by atoms with van der Waals surface area (Å²) in [6.45, 7) is 14.7. The number of nitrogens with zero attached hydrogens (tertiary/aromatic N) is 2. The van der Waals surface area contributed by atoms with Crippen molar-refractivity contribution in [2.45, 2.75) is 102 Å². The number of halogens is 1. The number of methoxy groups -OCH3 is 1. The van der Waals surface area contributed by atoms with Crippen LogP contribution in [0.5, 0.6) is 11.6 Å². The molecular formula is C37H50ClN5O10S. The van der Waals surface area contributed by atoms with E-state index in [2.05, 4.69) is 26.9 Å². The Morgan fingerprint density at radius 2 is 1.81 bits per heavy atom. The van der Waals surface area contributed by atoms with Gasteiger partial charge >= 0.3 is 6.09 Å². The first kappa shape index (κ1) is 41.0. The number of nitrogens with one attached hydrogen (secondary N) is 3. The average Bonchev–Trinajstić information content (AvgIpc) is 4.00. The van der Waals surface area contributed by atoms with Crippen molar-refractivity contribution in [1.82, 2.24) is 25.2 Å². The number of benzene rings is 1. The van der Waals surface area contributed by atoms with Gasteiger partial charge in [0, 0.05) is 35.2 Å². The maximum absolute atomic E-state index is 14.5. The average molecular weight is 792 g/mol. The number of carbonyl (C=O) groups is 4. The van der Waals surface area contributed by atoms with Crippen LogP contribution in [0.15, 0.2) is 37.1 Å². The highest BCUT2D eigenvalue weighted by Gasteiger charge is 2.62. The van der Waals surface area contributed by atoms with E-state index in [1.165, 1.54) is 17.2 Å². The van der Waals surface area contributed by atoms with E-state index in [1.807, 2.05) is 0 Å². The van der Waals surface area contributed by atoms with E-state index in [0.717, 1.165) is 0 Å². The molecule has 0 bridgehead atoms. The normalized spacial score (nSPS) is 23.3. The molecule has 1 aliphatic heterocycles. The SMILES string of the molecule is C=C[C@@H]1C[C@]1(NC(=O)[C@@H]1C[C@@H](Oc2ncc(OCCOC)c3ccc(Cl)cc23)CN1C(=O)[C@@H](NC(=O)OC(C)(C)C)C(C)(C)C)C(=O)NS(=O)(=O)C1CC1. The number of hydrogen-bond acceptors (Lipinski definition) is 11. The zero-order valence-electron chi connectivity index (χ0n) is 31.7. The smallest absolute Gasteiger partial charge is 0.408 e. The molecule has 3 N–H and O–H groups in total. The number of likely N-dealkylation sites (tertiary alicyclic amines) is 1. The number of alkyl carbamates (subject to hydrolysis) is 1. The van der Waals surface area contributed by atoms with E-state index < -0.39 is 79.7 Å². The maximum Gasteiger partial charge on any atom is 0.408 e. The van der Waals surface area contributed by atoms with E-state index in [-0.39, 0.29) is 31.9 Å². The van der Waals surface area contributed by atoms with Crippen LogP contribution in [-0.4, -0.2) is 104 Å². The van der Waals surface area contributed by atoms with Gasteiger partial charge in [-0.05, 0) is 63.6 Å². The number of aromatic nitrogens is 1. The lowest BCUT2D eigenvalue weighted by molar-refractivity contribution is -0.143. The summed E-state index contributed by atoms with van der Waals surface area (Å²) in [4.78, 5) is 61.1. The predicted octanol–water partition coefficient (Wildman–Crippen LogP) is 3.87. The van der Waals surface area contributed by atoms with Crippen LogP contribution in [0, 0.1) is 11.3 Å². The van der Waals surface area contributed by atoms with Gasteiger partial charge < -0.3 is 34.5 Å². The van der Waals surface area contributed by atoms with Crippen LogP contribution in [0.1, 0.15) is 67.2 Å². The fourth-order valence-corrected chi connectivity index (χ4v) is 7.94. The number of rotatable bonds is 14. The second-order valence-corrected chi connectivity index (χ2v) is 18.5. The molecule has 0 spiro atoms. The standard InChI is InChI=1S/C37H50ClN5O10S/c1-9-21-18-37(21,33(46)42-54(48,49)24-11-12-24)41-30(44)27-17-23(20-43(27)32(45)29(35(2,3)4)40-34(47)53-36(5,6)7)52-31-26-16-22(38)10-13-25(26)28(19-39-31)51-15-14-50-8/h9-10,13,16,19,21,23-24,27,29H,1,11-12,14-15,17-18,20H2,2-8H3,(H,40,47)(H,41,44)(H,42,46)/t21-,23-,27+,29-,37-/m1/s1. The minimum atomic E-state index is -3.92. The first-order valence-electron chi connectivity index (χ1n) is 17.9. The van der Waals surface area contributed by atoms with Gasteiger partial charge in [-0.2, -0.15) is 0 Å². The molecule has 15 nitrogen and oxygen atoms in total. The summed E-state index contributed by atoms with van der Waals surface area (Å²) in [5.41, 5.74) is -3.27. The first-order chi connectivity index (χ1) is 25.2. The van der Waals surface area contributed by atoms with E-state index in [9.17, 15) is 27.6 Å². The topological polar surface area (TPSA) is 192 Å². The van der Waals surface area contributed by atoms with Gasteiger partial charge in [0.15, 0.2) is 0 Å². The van der Waals surface area contributed by atoms with Crippen LogP contribution in [0.2, 0.25) is 5.02 Å². The largest absolute Gasteiger partial charge is 0.489 e. The van der Waals surface area contributed by atoms with Gasteiger partial charge in [0.25, 0.3) is 5.91 Å². The molecule has 2 aliphatic carbocycles. The molecule has 5 atom stereocenters. The first-order valence-corrected chi connectivity index (χ1v) is 19.8. The molecule has 5 rings (SSSR count). The Balaban J connectivity index is 1.46. The van der Waals surface area contributed by atoms with Gasteiger partial charge in [0.2, 0.25) is 27.7 Å². The van der Waals surface area contributed by atoms with Crippen molar-refractivity contribution in [1.29, 1.82) is 0 Å². The fraction of sp³-hybridized carbons (Fsp3) is 0.595. The second kappa shape index (κ2) is 15.5. The van der Waals surface area contributed by atoms with Crippen molar-refractivity contribution in [3.8, 4) is 11.6 Å². The van der Waals surface area contributed by atoms with E-state index in [4.69, 9.17) is 30.5 Å². The van der Waals surface area contributed by atoms with Gasteiger partial charge in [-0.1, -0.05) is 38.4 Å². The Kier molecular flexibility index (Phi) is 11.8. The third-order valence-corrected chi connectivity index (χ3v) is 11.5. The lowest BCUT2D eigenvalue weighted by atomic mass is 9.85. The van der Waals surface area contributed by atoms with Crippen LogP contribution in [0.25, 0.3) is 10.8 Å². The summed E-state index contributed by atoms with van der Waals surface area (Å²) in [6.07, 6.45) is 2.35. The fourth-order valence-electron chi connectivity index (χ4n) is 6.40. The van der Waals surface area contributed by atoms with Gasteiger partial charge in [-0.15, -0.1) is 6.58 Å². The summed E-state index contributed by atoms with van der Waals surface area (Å²) in [5.74, 6) is -2.05. The number of hydrogen-bond donors (Lipinski definition) is 3. The molecule has 2 aromatic rings. The molecule has 17 heteroatoms. The van der Waals surface area contributed by atoms with Gasteiger partial charge in [0.1, 0.15) is 41.7 Å². The molecule has 0 unspecified atom stereocenters. The lowest BCUT2D eigenvalue weighted by Gasteiger charge is -2.36. The van der Waals surface area contributed by atoms with Gasteiger partial charge in [-0.3, -0.25) is 19.1 Å². The summed E-state index contributed by atoms with van der Waals surface area (Å²) in [6, 6.07) is 2.80. The van der Waals surface area contributed by atoms with Gasteiger partial charge in [-0.25, -0.2) is 18.2 Å². The number of ether oxygens (including phenoxy) is 4. The molecule has 0 radical (unpaired) electrons. The quantitative estimate of drug-likeness (QED) is 0.186. The van der Waals surface area contributed by atoms with Gasteiger partial charge in [0.05, 0.1) is 24.6 Å². The third kappa shape index (κ3) is 9.37. The monoisotopic (exact) mass is 791 g/mol. The number of amides is 4. The van der Waals surface area contributed by atoms with Crippen LogP contribution in [0.3, 0.4) is 0 Å². The molecule has 3 aliphatic rings. The van der Waals surface area contributed by atoms with Crippen LogP contribution >= 0.6 is 11.6 Å². The molecular weight excluding hydrogens is 742 g/mol.